The maximum Gasteiger partial charge on any atom is 0.418 e. The molecule has 3 rings (SSSR count). The molecule has 2 aliphatic rings. The Balaban J connectivity index is 1.57. The Kier molecular flexibility index (Phi) is 5.94. The highest BCUT2D eigenvalue weighted by Gasteiger charge is 2.35. The van der Waals surface area contributed by atoms with Crippen LogP contribution in [0.5, 0.6) is 0 Å². The lowest BCUT2D eigenvalue weighted by atomic mass is 10.1. The van der Waals surface area contributed by atoms with Crippen LogP contribution in [0.4, 0.5) is 23.7 Å². The van der Waals surface area contributed by atoms with Gasteiger partial charge in [0.25, 0.3) is 0 Å². The van der Waals surface area contributed by atoms with Crippen LogP contribution in [0, 0.1) is 0 Å². The second kappa shape index (κ2) is 8.18. The highest BCUT2D eigenvalue weighted by molar-refractivity contribution is 5.75. The second-order valence-corrected chi connectivity index (χ2v) is 7.13. The van der Waals surface area contributed by atoms with Crippen LogP contribution in [0.25, 0.3) is 0 Å². The van der Waals surface area contributed by atoms with Gasteiger partial charge in [0, 0.05) is 37.9 Å². The fourth-order valence-corrected chi connectivity index (χ4v) is 3.83. The molecule has 0 spiro atoms. The van der Waals surface area contributed by atoms with Crippen molar-refractivity contribution in [1.29, 1.82) is 0 Å². The Morgan fingerprint density at radius 3 is 2.19 bits per heavy atom. The highest BCUT2D eigenvalue weighted by Crippen LogP contribution is 2.36. The Hall–Kier alpha value is -1.92. The number of amides is 2. The molecule has 0 atom stereocenters. The Morgan fingerprint density at radius 1 is 0.962 bits per heavy atom. The molecule has 0 bridgehead atoms. The largest absolute Gasteiger partial charge is 0.418 e. The molecule has 1 saturated carbocycles. The van der Waals surface area contributed by atoms with Gasteiger partial charge in [0.15, 0.2) is 0 Å². The summed E-state index contributed by atoms with van der Waals surface area (Å²) in [7, 11) is 0. The monoisotopic (exact) mass is 369 g/mol. The van der Waals surface area contributed by atoms with Crippen molar-refractivity contribution in [3.63, 3.8) is 0 Å². The van der Waals surface area contributed by atoms with E-state index >= 15 is 0 Å². The number of alkyl halides is 3. The first-order valence-electron chi connectivity index (χ1n) is 9.42. The Labute approximate surface area is 152 Å². The molecule has 1 aromatic carbocycles. The molecule has 144 valence electrons. The number of para-hydroxylation sites is 1. The molecule has 1 aliphatic heterocycles. The molecule has 0 unspecified atom stereocenters. The number of carbonyl (C=O) groups excluding carboxylic acids is 1. The number of nitrogens with zero attached hydrogens (tertiary/aromatic N) is 2. The van der Waals surface area contributed by atoms with Crippen LogP contribution < -0.4 is 10.2 Å². The summed E-state index contributed by atoms with van der Waals surface area (Å²) in [6.45, 7) is 1.69. The number of nitrogens with one attached hydrogen (secondary N) is 1. The molecule has 2 fully saturated rings. The minimum Gasteiger partial charge on any atom is -0.367 e. The van der Waals surface area contributed by atoms with Crippen molar-refractivity contribution in [1.82, 2.24) is 10.2 Å². The number of hydrogen-bond donors (Lipinski definition) is 1. The van der Waals surface area contributed by atoms with Crippen molar-refractivity contribution in [3.8, 4) is 0 Å². The molecule has 7 heteroatoms. The van der Waals surface area contributed by atoms with Gasteiger partial charge in [-0.2, -0.15) is 13.2 Å². The van der Waals surface area contributed by atoms with E-state index in [0.717, 1.165) is 31.7 Å². The number of hydrogen-bond acceptors (Lipinski definition) is 2. The summed E-state index contributed by atoms with van der Waals surface area (Å²) in [5, 5.41) is 3.11. The fourth-order valence-electron chi connectivity index (χ4n) is 3.83. The summed E-state index contributed by atoms with van der Waals surface area (Å²) in [6, 6.07) is 5.79. The van der Waals surface area contributed by atoms with Crippen LogP contribution in [0.3, 0.4) is 0 Å². The Morgan fingerprint density at radius 2 is 1.58 bits per heavy atom. The second-order valence-electron chi connectivity index (χ2n) is 7.13. The highest BCUT2D eigenvalue weighted by atomic mass is 19.4. The predicted molar refractivity (Wildman–Crippen MR) is 95.3 cm³/mol. The molecule has 26 heavy (non-hydrogen) atoms. The van der Waals surface area contributed by atoms with E-state index in [1.54, 1.807) is 15.9 Å². The van der Waals surface area contributed by atoms with E-state index in [4.69, 9.17) is 0 Å². The maximum atomic E-state index is 13.2. The number of halogens is 3. The van der Waals surface area contributed by atoms with Crippen LogP contribution >= 0.6 is 0 Å². The van der Waals surface area contributed by atoms with Gasteiger partial charge in [-0.3, -0.25) is 0 Å². The lowest BCUT2D eigenvalue weighted by Crippen LogP contribution is -2.53. The molecule has 0 aromatic heterocycles. The van der Waals surface area contributed by atoms with Gasteiger partial charge in [0.1, 0.15) is 0 Å². The van der Waals surface area contributed by atoms with Crippen molar-refractivity contribution < 1.29 is 18.0 Å². The standard InChI is InChI=1S/C19H26F3N3O/c20-19(21,22)16-9-5-6-10-17(16)24-11-13-25(14-12-24)18(26)23-15-7-3-1-2-4-8-15/h5-6,9-10,15H,1-4,7-8,11-14H2,(H,23,26). The van der Waals surface area contributed by atoms with E-state index in [0.29, 0.717) is 26.2 Å². The molecule has 1 saturated heterocycles. The zero-order valence-electron chi connectivity index (χ0n) is 14.9. The zero-order valence-corrected chi connectivity index (χ0v) is 14.9. The summed E-state index contributed by atoms with van der Waals surface area (Å²) >= 11 is 0. The third-order valence-electron chi connectivity index (χ3n) is 5.30. The molecule has 1 N–H and O–H groups in total. The number of carbonyl (C=O) groups is 1. The molecule has 2 amide bonds. The van der Waals surface area contributed by atoms with Crippen LogP contribution in [0.1, 0.15) is 44.1 Å². The fraction of sp³-hybridized carbons (Fsp3) is 0.632. The normalized spacial score (nSPS) is 20.0. The lowest BCUT2D eigenvalue weighted by Gasteiger charge is -2.37. The zero-order chi connectivity index (χ0) is 18.6. The van der Waals surface area contributed by atoms with Crippen molar-refractivity contribution in [2.75, 3.05) is 31.1 Å². The predicted octanol–water partition coefficient (Wildman–Crippen LogP) is 4.26. The van der Waals surface area contributed by atoms with E-state index in [9.17, 15) is 18.0 Å². The Bertz CT molecular complexity index is 604. The molecule has 4 nitrogen and oxygen atoms in total. The average Bonchev–Trinajstić information content (AvgIpc) is 2.90. The van der Waals surface area contributed by atoms with Gasteiger partial charge < -0.3 is 15.1 Å². The summed E-state index contributed by atoms with van der Waals surface area (Å²) in [6.07, 6.45) is 2.41. The maximum absolute atomic E-state index is 13.2. The van der Waals surface area contributed by atoms with Crippen molar-refractivity contribution in [3.05, 3.63) is 29.8 Å². The van der Waals surface area contributed by atoms with Crippen LogP contribution in [-0.4, -0.2) is 43.2 Å². The van der Waals surface area contributed by atoms with E-state index in [1.807, 2.05) is 0 Å². The van der Waals surface area contributed by atoms with Crippen LogP contribution in [0.15, 0.2) is 24.3 Å². The molecule has 1 aliphatic carbocycles. The topological polar surface area (TPSA) is 35.6 Å². The SMILES string of the molecule is O=C(NC1CCCCCC1)N1CCN(c2ccccc2C(F)(F)F)CC1. The summed E-state index contributed by atoms with van der Waals surface area (Å²) < 4.78 is 39.6. The number of piperazine rings is 1. The van der Waals surface area contributed by atoms with Gasteiger partial charge in [0.2, 0.25) is 0 Å². The lowest BCUT2D eigenvalue weighted by molar-refractivity contribution is -0.137. The first kappa shape index (κ1) is 18.9. The molecule has 1 heterocycles. The number of anilines is 1. The van der Waals surface area contributed by atoms with Crippen LogP contribution in [0.2, 0.25) is 0 Å². The average molecular weight is 369 g/mol. The third kappa shape index (κ3) is 4.62. The van der Waals surface area contributed by atoms with Gasteiger partial charge in [-0.1, -0.05) is 37.8 Å². The van der Waals surface area contributed by atoms with Gasteiger partial charge in [-0.15, -0.1) is 0 Å². The molecular weight excluding hydrogens is 343 g/mol. The van der Waals surface area contributed by atoms with Crippen molar-refractivity contribution in [2.24, 2.45) is 0 Å². The third-order valence-corrected chi connectivity index (χ3v) is 5.30. The number of benzene rings is 1. The van der Waals surface area contributed by atoms with Gasteiger partial charge >= 0.3 is 12.2 Å². The molecule has 1 aromatic rings. The minimum absolute atomic E-state index is 0.0827. The minimum atomic E-state index is -4.37. The van der Waals surface area contributed by atoms with E-state index < -0.39 is 11.7 Å². The first-order valence-corrected chi connectivity index (χ1v) is 9.42. The first-order chi connectivity index (χ1) is 12.4. The molecular formula is C19H26F3N3O. The molecule has 0 radical (unpaired) electrons. The smallest absolute Gasteiger partial charge is 0.367 e. The van der Waals surface area contributed by atoms with E-state index in [1.165, 1.54) is 25.0 Å². The summed E-state index contributed by atoms with van der Waals surface area (Å²) in [5.41, 5.74) is -0.416. The summed E-state index contributed by atoms with van der Waals surface area (Å²) in [4.78, 5) is 15.9. The van der Waals surface area contributed by atoms with Gasteiger partial charge in [-0.05, 0) is 25.0 Å². The number of rotatable bonds is 2. The van der Waals surface area contributed by atoms with Crippen molar-refractivity contribution >= 4 is 11.7 Å². The van der Waals surface area contributed by atoms with Crippen molar-refractivity contribution in [2.45, 2.75) is 50.7 Å². The van der Waals surface area contributed by atoms with Gasteiger partial charge in [-0.25, -0.2) is 4.79 Å². The van der Waals surface area contributed by atoms with E-state index in [2.05, 4.69) is 5.32 Å². The van der Waals surface area contributed by atoms with Crippen LogP contribution in [-0.2, 0) is 6.18 Å². The van der Waals surface area contributed by atoms with E-state index in [-0.39, 0.29) is 17.8 Å². The van der Waals surface area contributed by atoms with Gasteiger partial charge in [0.05, 0.1) is 5.56 Å². The number of urea groups is 1. The summed E-state index contributed by atoms with van der Waals surface area (Å²) in [5.74, 6) is 0. The quantitative estimate of drug-likeness (QED) is 0.791.